The van der Waals surface area contributed by atoms with Gasteiger partial charge in [-0.3, -0.25) is 13.6 Å². The number of carboxylic acid groups (broad SMARTS) is 1. The minimum Gasteiger partial charge on any atom is -0.479 e. The SMILES string of the molecule is O=C[C@H](O)[C@@H](O)[C@H](O)[C@H](O)COP(=O)(O)OC(COP(=O)(O)O)C(=O)O. The molecule has 0 fully saturated rings. The molecule has 0 aromatic rings. The van der Waals surface area contributed by atoms with Crippen molar-refractivity contribution in [1.82, 2.24) is 0 Å². The van der Waals surface area contributed by atoms with E-state index >= 15 is 0 Å². The fourth-order valence-electron chi connectivity index (χ4n) is 1.28. The number of hydrogen-bond donors (Lipinski definition) is 8. The lowest BCUT2D eigenvalue weighted by atomic mass is 10.0. The van der Waals surface area contributed by atoms with E-state index in [2.05, 4.69) is 13.6 Å². The molecule has 0 spiro atoms. The first-order valence-electron chi connectivity index (χ1n) is 6.46. The summed E-state index contributed by atoms with van der Waals surface area (Å²) in [6, 6.07) is 0. The normalized spacial score (nSPS) is 20.4. The maximum absolute atomic E-state index is 11.6. The summed E-state index contributed by atoms with van der Waals surface area (Å²) in [6.45, 7) is -2.55. The highest BCUT2D eigenvalue weighted by atomic mass is 31.2. The fraction of sp³-hybridized carbons (Fsp3) is 0.778. The van der Waals surface area contributed by atoms with Crippen molar-refractivity contribution >= 4 is 27.9 Å². The smallest absolute Gasteiger partial charge is 0.473 e. The zero-order valence-corrected chi connectivity index (χ0v) is 14.5. The van der Waals surface area contributed by atoms with Gasteiger partial charge in [-0.1, -0.05) is 0 Å². The number of hydrogen-bond acceptors (Lipinski definition) is 11. The van der Waals surface area contributed by atoms with Crippen molar-refractivity contribution in [2.45, 2.75) is 30.5 Å². The summed E-state index contributed by atoms with van der Waals surface area (Å²) in [5.74, 6) is -1.94. The second kappa shape index (κ2) is 10.5. The van der Waals surface area contributed by atoms with Gasteiger partial charge in [-0.2, -0.15) is 0 Å². The number of aliphatic hydroxyl groups is 4. The van der Waals surface area contributed by atoms with Crippen LogP contribution in [0.3, 0.4) is 0 Å². The summed E-state index contributed by atoms with van der Waals surface area (Å²) in [7, 11) is -10.3. The highest BCUT2D eigenvalue weighted by Crippen LogP contribution is 2.45. The highest BCUT2D eigenvalue weighted by Gasteiger charge is 2.36. The number of aliphatic hydroxyl groups excluding tert-OH is 4. The standard InChI is InChI=1S/C9H18O15P2/c10-1-4(11)7(13)8(14)5(12)2-23-26(20,21)24-6(9(15)16)3-22-25(17,18)19/h1,4-8,11-14H,2-3H2,(H,15,16)(H,20,21)(H2,17,18,19)/t4-,5+,6?,7+,8+/m0/s1. The van der Waals surface area contributed by atoms with E-state index < -0.39 is 65.3 Å². The van der Waals surface area contributed by atoms with Crippen LogP contribution in [0.2, 0.25) is 0 Å². The molecule has 0 bridgehead atoms. The van der Waals surface area contributed by atoms with E-state index in [4.69, 9.17) is 20.0 Å². The summed E-state index contributed by atoms with van der Waals surface area (Å²) in [6.07, 6.45) is -11.0. The van der Waals surface area contributed by atoms with Crippen molar-refractivity contribution in [2.75, 3.05) is 13.2 Å². The predicted octanol–water partition coefficient (Wildman–Crippen LogP) is -3.68. The molecule has 15 nitrogen and oxygen atoms in total. The molecule has 0 amide bonds. The molecule has 0 aliphatic carbocycles. The zero-order valence-electron chi connectivity index (χ0n) is 12.7. The molecule has 0 saturated heterocycles. The molecule has 0 saturated carbocycles. The molecule has 6 atom stereocenters. The van der Waals surface area contributed by atoms with Crippen molar-refractivity contribution in [1.29, 1.82) is 0 Å². The Bertz CT molecular complexity index is 559. The van der Waals surface area contributed by atoms with Gasteiger partial charge in [0.1, 0.15) is 24.4 Å². The monoisotopic (exact) mass is 428 g/mol. The molecule has 154 valence electrons. The number of aliphatic carboxylic acids is 1. The van der Waals surface area contributed by atoms with Crippen LogP contribution in [0, 0.1) is 0 Å². The quantitative estimate of drug-likeness (QED) is 0.104. The van der Waals surface area contributed by atoms with Gasteiger partial charge in [0.05, 0.1) is 13.2 Å². The second-order valence-corrected chi connectivity index (χ2v) is 7.30. The van der Waals surface area contributed by atoms with Crippen molar-refractivity contribution in [3.8, 4) is 0 Å². The van der Waals surface area contributed by atoms with E-state index in [9.17, 15) is 38.9 Å². The highest BCUT2D eigenvalue weighted by molar-refractivity contribution is 7.47. The lowest BCUT2D eigenvalue weighted by Crippen LogP contribution is -2.46. The number of carboxylic acids is 1. The van der Waals surface area contributed by atoms with Crippen molar-refractivity contribution in [3.63, 3.8) is 0 Å². The Morgan fingerprint density at radius 3 is 1.92 bits per heavy atom. The zero-order chi connectivity index (χ0) is 20.7. The van der Waals surface area contributed by atoms with E-state index in [1.54, 1.807) is 0 Å². The molecule has 0 rings (SSSR count). The number of rotatable bonds is 13. The van der Waals surface area contributed by atoms with Gasteiger partial charge in [-0.25, -0.2) is 13.9 Å². The molecule has 0 aromatic heterocycles. The summed E-state index contributed by atoms with van der Waals surface area (Å²) < 4.78 is 34.2. The molecule has 0 aliphatic rings. The van der Waals surface area contributed by atoms with Crippen LogP contribution in [0.15, 0.2) is 0 Å². The van der Waals surface area contributed by atoms with Crippen LogP contribution >= 0.6 is 15.6 Å². The van der Waals surface area contributed by atoms with Gasteiger partial charge >= 0.3 is 21.6 Å². The van der Waals surface area contributed by atoms with E-state index in [0.29, 0.717) is 0 Å². The maximum atomic E-state index is 11.6. The van der Waals surface area contributed by atoms with Crippen LogP contribution < -0.4 is 0 Å². The topological polar surface area (TPSA) is 258 Å². The Morgan fingerprint density at radius 1 is 0.962 bits per heavy atom. The Kier molecular flexibility index (Phi) is 10.2. The largest absolute Gasteiger partial charge is 0.479 e. The van der Waals surface area contributed by atoms with Gasteiger partial charge in [0, 0.05) is 0 Å². The Morgan fingerprint density at radius 2 is 1.50 bits per heavy atom. The van der Waals surface area contributed by atoms with Crippen molar-refractivity contribution in [2.24, 2.45) is 0 Å². The van der Waals surface area contributed by atoms with Crippen LogP contribution in [0.5, 0.6) is 0 Å². The Labute approximate surface area is 145 Å². The fourth-order valence-corrected chi connectivity index (χ4v) is 2.49. The first-order chi connectivity index (χ1) is 11.7. The molecule has 0 aliphatic heterocycles. The van der Waals surface area contributed by atoms with Gasteiger partial charge in [-0.15, -0.1) is 0 Å². The van der Waals surface area contributed by atoms with E-state index in [1.807, 2.05) is 0 Å². The molecule has 26 heavy (non-hydrogen) atoms. The summed E-state index contributed by atoms with van der Waals surface area (Å²) in [5.41, 5.74) is 0. The minimum absolute atomic E-state index is 0.153. The molecular weight excluding hydrogens is 410 g/mol. The maximum Gasteiger partial charge on any atom is 0.473 e. The number of phosphoric ester groups is 2. The Hall–Kier alpha value is -0.800. The first kappa shape index (κ1) is 25.2. The predicted molar refractivity (Wildman–Crippen MR) is 76.4 cm³/mol. The Balaban J connectivity index is 4.75. The van der Waals surface area contributed by atoms with Gasteiger partial charge in [0.2, 0.25) is 0 Å². The van der Waals surface area contributed by atoms with Gasteiger partial charge in [0.25, 0.3) is 0 Å². The van der Waals surface area contributed by atoms with Crippen LogP contribution in [-0.2, 0) is 32.3 Å². The third-order valence-corrected chi connectivity index (χ3v) is 4.05. The molecular formula is C9H18O15P2. The molecule has 0 aromatic carbocycles. The molecule has 0 radical (unpaired) electrons. The van der Waals surface area contributed by atoms with Crippen LogP contribution in [0.1, 0.15) is 0 Å². The van der Waals surface area contributed by atoms with Crippen LogP contribution in [0.25, 0.3) is 0 Å². The first-order valence-corrected chi connectivity index (χ1v) is 9.49. The summed E-state index contributed by atoms with van der Waals surface area (Å²) >= 11 is 0. The molecule has 8 N–H and O–H groups in total. The average molecular weight is 428 g/mol. The van der Waals surface area contributed by atoms with Gasteiger partial charge in [-0.05, 0) is 0 Å². The number of phosphoric acid groups is 2. The lowest BCUT2D eigenvalue weighted by Gasteiger charge is -2.25. The van der Waals surface area contributed by atoms with E-state index in [1.165, 1.54) is 0 Å². The average Bonchev–Trinajstić information content (AvgIpc) is 2.53. The second-order valence-electron chi connectivity index (χ2n) is 4.66. The van der Waals surface area contributed by atoms with E-state index in [-0.39, 0.29) is 6.29 Å². The van der Waals surface area contributed by atoms with Gasteiger partial charge in [0.15, 0.2) is 12.4 Å². The summed E-state index contributed by atoms with van der Waals surface area (Å²) in [4.78, 5) is 47.3. The minimum atomic E-state index is -5.24. The van der Waals surface area contributed by atoms with Crippen molar-refractivity contribution in [3.05, 3.63) is 0 Å². The van der Waals surface area contributed by atoms with E-state index in [0.717, 1.165) is 0 Å². The molecule has 2 unspecified atom stereocenters. The number of carbonyl (C=O) groups is 2. The summed E-state index contributed by atoms with van der Waals surface area (Å²) in [5, 5.41) is 45.9. The number of carbonyl (C=O) groups excluding carboxylic acids is 1. The van der Waals surface area contributed by atoms with Crippen LogP contribution in [-0.4, -0.2) is 96.2 Å². The third-order valence-electron chi connectivity index (χ3n) is 2.57. The molecule has 0 heterocycles. The van der Waals surface area contributed by atoms with Crippen molar-refractivity contribution < 1.29 is 72.5 Å². The number of aldehydes is 1. The lowest BCUT2D eigenvalue weighted by molar-refractivity contribution is -0.148. The third kappa shape index (κ3) is 9.78. The molecule has 17 heteroatoms. The van der Waals surface area contributed by atoms with Crippen LogP contribution in [0.4, 0.5) is 0 Å². The van der Waals surface area contributed by atoms with Gasteiger partial charge < -0.3 is 45.0 Å².